The van der Waals surface area contributed by atoms with Crippen LogP contribution < -0.4 is 0 Å². The molecule has 1 fully saturated rings. The van der Waals surface area contributed by atoms with Crippen molar-refractivity contribution < 1.29 is 0 Å². The van der Waals surface area contributed by atoms with E-state index in [0.717, 1.165) is 17.2 Å². The van der Waals surface area contributed by atoms with E-state index in [9.17, 15) is 0 Å². The Balaban J connectivity index is 2.17. The molecule has 0 aromatic rings. The third kappa shape index (κ3) is 1.30. The van der Waals surface area contributed by atoms with Gasteiger partial charge in [0.05, 0.1) is 0 Å². The Morgan fingerprint density at radius 3 is 2.25 bits per heavy atom. The van der Waals surface area contributed by atoms with E-state index in [0.29, 0.717) is 0 Å². The summed E-state index contributed by atoms with van der Waals surface area (Å²) in [5, 5.41) is 0. The second-order valence-electron chi connectivity index (χ2n) is 0.486. The van der Waals surface area contributed by atoms with E-state index in [1.807, 2.05) is 0 Å². The maximum atomic E-state index is 4.28. The van der Waals surface area contributed by atoms with Crippen molar-refractivity contribution in [3.8, 4) is 0 Å². The fraction of sp³-hybridized carbons (Fsp3) is 1.00. The summed E-state index contributed by atoms with van der Waals surface area (Å²) in [5.41, 5.74) is 0. The second-order valence-corrected chi connectivity index (χ2v) is 24.7. The summed E-state index contributed by atoms with van der Waals surface area (Å²) in [5.74, 6) is 0. The van der Waals surface area contributed by atoms with Crippen molar-refractivity contribution in [2.24, 2.45) is 0 Å². The summed E-state index contributed by atoms with van der Waals surface area (Å²) in [6.07, 6.45) is 0. The first-order valence-electron chi connectivity index (χ1n) is 0.846. The van der Waals surface area contributed by atoms with Crippen LogP contribution in [-0.2, 0) is 0 Å². The maximum absolute atomic E-state index is 4.28. The van der Waals surface area contributed by atoms with Crippen LogP contribution in [0, 0.1) is 0 Å². The molecule has 1 aliphatic rings. The van der Waals surface area contributed by atoms with E-state index in [-0.39, 0.29) is 14.5 Å². The first-order valence-corrected chi connectivity index (χ1v) is 13.4. The number of rotatable bonds is 0. The average Bonchev–Trinajstić information content (AvgIpc) is 1.75. The van der Waals surface area contributed by atoms with Crippen LogP contribution in [0.25, 0.3) is 0 Å². The molecule has 0 aliphatic carbocycles. The van der Waals surface area contributed by atoms with Crippen LogP contribution in [0.3, 0.4) is 0 Å². The molecule has 0 aromatic heterocycles. The Hall–Kier alpha value is 1.81. The van der Waals surface area contributed by atoms with Crippen LogP contribution in [0.2, 0.25) is 0 Å². The van der Waals surface area contributed by atoms with Crippen molar-refractivity contribution in [3.05, 3.63) is 0 Å². The summed E-state index contributed by atoms with van der Waals surface area (Å²) in [7, 11) is 4.28. The Kier molecular flexibility index (Phi) is 1.50. The Morgan fingerprint density at radius 2 is 2.25 bits per heavy atom. The summed E-state index contributed by atoms with van der Waals surface area (Å²) < 4.78 is 1.62. The molecular formula is CH3I2S. The zero-order valence-electron chi connectivity index (χ0n) is 1.91. The summed E-state index contributed by atoms with van der Waals surface area (Å²) in [6.45, 7) is 0. The van der Waals surface area contributed by atoms with Gasteiger partial charge in [0, 0.05) is 0 Å². The molecular weight excluding hydrogens is 298 g/mol. The van der Waals surface area contributed by atoms with Crippen molar-refractivity contribution in [2.75, 3.05) is 2.43 Å². The molecule has 3 heteroatoms. The predicted molar refractivity (Wildman–Crippen MR) is 41.9 cm³/mol. The molecule has 27 valence electrons. The summed E-state index contributed by atoms with van der Waals surface area (Å²) >= 11 is 0.589. The Bertz CT molecular complexity index is 25.2. The average molecular weight is 301 g/mol. The van der Waals surface area contributed by atoms with Gasteiger partial charge in [-0.25, -0.2) is 0 Å². The van der Waals surface area contributed by atoms with Crippen LogP contribution in [0.4, 0.5) is 0 Å². The topological polar surface area (TPSA) is 0 Å². The van der Waals surface area contributed by atoms with Crippen LogP contribution >= 0.6 is 41.5 Å². The van der Waals surface area contributed by atoms with Crippen LogP contribution in [-0.4, -0.2) is 2.43 Å². The molecule has 0 atom stereocenters. The molecule has 0 saturated carbocycles. The minimum atomic E-state index is -0.209. The van der Waals surface area contributed by atoms with Crippen molar-refractivity contribution in [1.82, 2.24) is 0 Å². The van der Waals surface area contributed by atoms with Gasteiger partial charge in [0.25, 0.3) is 0 Å². The first-order chi connectivity index (χ1) is 1.89. The van der Waals surface area contributed by atoms with Gasteiger partial charge in [-0.15, -0.1) is 0 Å². The third-order valence-corrected chi connectivity index (χ3v) is 16.7. The normalized spacial score (nSPS) is 30.8. The van der Waals surface area contributed by atoms with Gasteiger partial charge in [-0.05, 0) is 0 Å². The third-order valence-electron chi connectivity index (χ3n) is 0.191. The fourth-order valence-electron chi connectivity index (χ4n) is 0.0171. The van der Waals surface area contributed by atoms with Crippen LogP contribution in [0.5, 0.6) is 0 Å². The number of thiol groups is 1. The standard InChI is InChI=1S/CH3I2S/c4-3-1-2-3/h4H,1H2. The van der Waals surface area contributed by atoms with E-state index >= 15 is 0 Å². The molecule has 1 radical (unpaired) electrons. The molecule has 1 rings (SSSR count). The van der Waals surface area contributed by atoms with Gasteiger partial charge in [0.2, 0.25) is 0 Å². The van der Waals surface area contributed by atoms with Gasteiger partial charge in [-0.3, -0.25) is 0 Å². The molecule has 1 saturated heterocycles. The molecule has 0 aromatic carbocycles. The quantitative estimate of drug-likeness (QED) is 0.396. The summed E-state index contributed by atoms with van der Waals surface area (Å²) in [4.78, 5) is 0. The molecule has 0 nitrogen and oxygen atoms in total. The van der Waals surface area contributed by atoms with E-state index in [1.54, 1.807) is 2.43 Å². The van der Waals surface area contributed by atoms with Gasteiger partial charge in [0.1, 0.15) is 0 Å². The fourth-order valence-corrected chi connectivity index (χ4v) is 15.5. The van der Waals surface area contributed by atoms with Crippen LogP contribution in [0.15, 0.2) is 0 Å². The number of halogens is 2. The van der Waals surface area contributed by atoms with Gasteiger partial charge < -0.3 is 0 Å². The van der Waals surface area contributed by atoms with Crippen molar-refractivity contribution in [3.63, 3.8) is 0 Å². The first kappa shape index (κ1) is 3.98. The minimum absolute atomic E-state index is 0.209. The number of alkyl halides is 2. The van der Waals surface area contributed by atoms with Gasteiger partial charge in [-0.2, -0.15) is 0 Å². The van der Waals surface area contributed by atoms with Gasteiger partial charge in [-0.1, -0.05) is 0 Å². The van der Waals surface area contributed by atoms with E-state index in [2.05, 4.69) is 9.80 Å². The van der Waals surface area contributed by atoms with Crippen molar-refractivity contribution in [1.29, 1.82) is 0 Å². The van der Waals surface area contributed by atoms with Gasteiger partial charge in [0.15, 0.2) is 0 Å². The monoisotopic (exact) mass is 301 g/mol. The zero-order valence-corrected chi connectivity index (χ0v) is 7.12. The Labute approximate surface area is 43.3 Å². The summed E-state index contributed by atoms with van der Waals surface area (Å²) in [6, 6.07) is 0. The number of hydrogen-bond acceptors (Lipinski definition) is 1. The zero-order chi connectivity index (χ0) is 2.99. The molecule has 0 bridgehead atoms. The Morgan fingerprint density at radius 1 is 2.00 bits per heavy atom. The van der Waals surface area contributed by atoms with E-state index in [1.165, 1.54) is 0 Å². The predicted octanol–water partition coefficient (Wildman–Crippen LogP) is 2.19. The second kappa shape index (κ2) is 1.51. The molecule has 1 aliphatic heterocycles. The molecule has 4 heavy (non-hydrogen) atoms. The van der Waals surface area contributed by atoms with E-state index < -0.39 is 0 Å². The molecule has 1 heterocycles. The van der Waals surface area contributed by atoms with Crippen molar-refractivity contribution >= 4 is 41.5 Å². The molecule has 0 amide bonds. The van der Waals surface area contributed by atoms with Crippen LogP contribution in [0.1, 0.15) is 0 Å². The van der Waals surface area contributed by atoms with E-state index in [4.69, 9.17) is 0 Å². The molecule has 0 spiro atoms. The molecule has 0 N–H and O–H groups in total. The number of hydrogen-bond donors (Lipinski definition) is 1. The van der Waals surface area contributed by atoms with Crippen molar-refractivity contribution in [2.45, 2.75) is 0 Å². The SMILES string of the molecule is SI1C[I]1. The van der Waals surface area contributed by atoms with Gasteiger partial charge >= 0.3 is 43.9 Å². The molecule has 0 unspecified atom stereocenters.